The fourth-order valence-electron chi connectivity index (χ4n) is 0.848. The summed E-state index contributed by atoms with van der Waals surface area (Å²) in [7, 11) is 0. The molecule has 0 heterocycles. The zero-order chi connectivity index (χ0) is 13.6. The smallest absolute Gasteiger partial charge is 0.200 e. The molecule has 0 bridgehead atoms. The Hall–Kier alpha value is -0.560. The predicted octanol–water partition coefficient (Wildman–Crippen LogP) is 4.20. The molecule has 0 N–H and O–H groups in total. The van der Waals surface area contributed by atoms with Gasteiger partial charge in [-0.05, 0) is 0 Å². The van der Waals surface area contributed by atoms with Gasteiger partial charge in [-0.2, -0.15) is 35.1 Å². The molecule has 0 saturated carbocycles. The molecule has 0 aliphatic carbocycles. The van der Waals surface area contributed by atoms with Gasteiger partial charge >= 0.3 is 23.7 Å². The molecule has 0 aromatic rings. The van der Waals surface area contributed by atoms with Gasteiger partial charge < -0.3 is 0 Å². The average Bonchev–Trinajstić information content (AvgIpc) is 2.00. The summed E-state index contributed by atoms with van der Waals surface area (Å²) in [5, 5.41) is 0. The molecule has 0 radical (unpaired) electrons. The van der Waals surface area contributed by atoms with Crippen LogP contribution in [0.5, 0.6) is 0 Å². The van der Waals surface area contributed by atoms with Gasteiger partial charge in [-0.25, -0.2) is 0 Å². The topological polar surface area (TPSA) is 0 Å². The van der Waals surface area contributed by atoms with Crippen LogP contribution in [0.1, 0.15) is 20.8 Å². The number of halogens is 8. The van der Waals surface area contributed by atoms with Crippen molar-refractivity contribution in [1.29, 1.82) is 0 Å². The van der Waals surface area contributed by atoms with Crippen LogP contribution >= 0.6 is 0 Å². The van der Waals surface area contributed by atoms with Gasteiger partial charge in [0, 0.05) is 12.8 Å². The van der Waals surface area contributed by atoms with Crippen LogP contribution < -0.4 is 0 Å². The van der Waals surface area contributed by atoms with Gasteiger partial charge in [0.05, 0.1) is 0 Å². The molecule has 0 spiro atoms. The van der Waals surface area contributed by atoms with E-state index in [1.54, 1.807) is 0 Å². The molecule has 0 nitrogen and oxygen atoms in total. The third-order valence-corrected chi connectivity index (χ3v) is 2.09. The maximum Gasteiger partial charge on any atom is 0.378 e. The van der Waals surface area contributed by atoms with E-state index >= 15 is 0 Å². The minimum absolute atomic E-state index is 0.530. The van der Waals surface area contributed by atoms with Gasteiger partial charge in [0.25, 0.3) is 0 Å². The maximum absolute atomic E-state index is 12.8. The van der Waals surface area contributed by atoms with E-state index in [0.29, 0.717) is 13.8 Å². The summed E-state index contributed by atoms with van der Waals surface area (Å²) in [4.78, 5) is 0. The number of rotatable bonds is 4. The van der Waals surface area contributed by atoms with E-state index in [1.165, 1.54) is 0 Å². The fraction of sp³-hybridized carbons (Fsp3) is 1.00. The van der Waals surface area contributed by atoms with Crippen LogP contribution in [0.15, 0.2) is 0 Å². The zero-order valence-electron chi connectivity index (χ0n) is 8.60. The molecule has 0 saturated heterocycles. The Kier molecular flexibility index (Phi) is 3.60. The lowest BCUT2D eigenvalue weighted by Crippen LogP contribution is -2.62. The lowest BCUT2D eigenvalue weighted by atomic mass is 9.92. The van der Waals surface area contributed by atoms with Gasteiger partial charge in [0.2, 0.25) is 0 Å². The molecule has 0 aromatic carbocycles. The molecule has 0 aromatic heterocycles. The molecule has 0 rings (SSSR count). The van der Waals surface area contributed by atoms with Gasteiger partial charge in [-0.15, -0.1) is 0 Å². The van der Waals surface area contributed by atoms with Crippen molar-refractivity contribution in [3.63, 3.8) is 0 Å². The largest absolute Gasteiger partial charge is 0.378 e. The highest BCUT2D eigenvalue weighted by Crippen LogP contribution is 2.54. The molecule has 8 heteroatoms. The van der Waals surface area contributed by atoms with Crippen molar-refractivity contribution in [2.24, 2.45) is 5.92 Å². The van der Waals surface area contributed by atoms with Gasteiger partial charge in [0.15, 0.2) is 0 Å². The summed E-state index contributed by atoms with van der Waals surface area (Å²) in [5.41, 5.74) is 0. The van der Waals surface area contributed by atoms with Crippen molar-refractivity contribution in [1.82, 2.24) is 0 Å². The van der Waals surface area contributed by atoms with E-state index < -0.39 is 36.5 Å². The average molecular weight is 258 g/mol. The van der Waals surface area contributed by atoms with Crippen molar-refractivity contribution in [2.45, 2.75) is 44.5 Å². The Morgan fingerprint density at radius 1 is 0.688 bits per heavy atom. The van der Waals surface area contributed by atoms with Crippen LogP contribution in [0, 0.1) is 5.92 Å². The zero-order valence-corrected chi connectivity index (χ0v) is 8.60. The molecular weight excluding hydrogens is 248 g/mol. The van der Waals surface area contributed by atoms with E-state index in [-0.39, 0.29) is 0 Å². The highest BCUT2D eigenvalue weighted by molar-refractivity contribution is 5.02. The third-order valence-electron chi connectivity index (χ3n) is 2.09. The van der Waals surface area contributed by atoms with E-state index in [2.05, 4.69) is 0 Å². The van der Waals surface area contributed by atoms with Crippen molar-refractivity contribution in [3.05, 3.63) is 0 Å². The van der Waals surface area contributed by atoms with E-state index in [1.807, 2.05) is 0 Å². The van der Waals surface area contributed by atoms with E-state index in [9.17, 15) is 35.1 Å². The number of hydrogen-bond donors (Lipinski definition) is 0. The molecule has 0 aliphatic heterocycles. The quantitative estimate of drug-likeness (QED) is 0.663. The Bertz CT molecular complexity index is 249. The first-order valence-electron chi connectivity index (χ1n) is 4.21. The Labute approximate surface area is 86.6 Å². The molecule has 0 amide bonds. The summed E-state index contributed by atoms with van der Waals surface area (Å²) >= 11 is 0. The number of alkyl halides is 8. The molecule has 0 fully saturated rings. The summed E-state index contributed by atoms with van der Waals surface area (Å²) < 4.78 is 101. The highest BCUT2D eigenvalue weighted by Gasteiger charge is 2.79. The van der Waals surface area contributed by atoms with Crippen molar-refractivity contribution in [3.8, 4) is 0 Å². The van der Waals surface area contributed by atoms with E-state index in [0.717, 1.165) is 0 Å². The molecule has 98 valence electrons. The molecule has 0 aliphatic rings. The Morgan fingerprint density at radius 2 is 1.00 bits per heavy atom. The minimum Gasteiger partial charge on any atom is -0.200 e. The number of hydrogen-bond acceptors (Lipinski definition) is 0. The van der Waals surface area contributed by atoms with Crippen molar-refractivity contribution < 1.29 is 35.1 Å². The lowest BCUT2D eigenvalue weighted by Gasteiger charge is -2.37. The van der Waals surface area contributed by atoms with E-state index in [4.69, 9.17) is 0 Å². The van der Waals surface area contributed by atoms with Crippen LogP contribution in [0.3, 0.4) is 0 Å². The molecule has 0 unspecified atom stereocenters. The summed E-state index contributed by atoms with van der Waals surface area (Å²) in [5.74, 6) is -24.9. The van der Waals surface area contributed by atoms with Gasteiger partial charge in [-0.1, -0.05) is 13.8 Å². The van der Waals surface area contributed by atoms with Crippen molar-refractivity contribution >= 4 is 0 Å². The summed E-state index contributed by atoms with van der Waals surface area (Å²) in [6, 6.07) is 0. The van der Waals surface area contributed by atoms with Crippen LogP contribution in [0.2, 0.25) is 0 Å². The summed E-state index contributed by atoms with van der Waals surface area (Å²) in [6.45, 7) is 0.549. The Balaban J connectivity index is 5.53. The molecular formula is C8H10F8. The fourth-order valence-corrected chi connectivity index (χ4v) is 0.848. The second-order valence-electron chi connectivity index (χ2n) is 3.81. The second kappa shape index (κ2) is 3.73. The minimum atomic E-state index is -6.12. The first-order valence-corrected chi connectivity index (χ1v) is 4.21. The first-order chi connectivity index (χ1) is 6.69. The maximum atomic E-state index is 12.8. The highest BCUT2D eigenvalue weighted by atomic mass is 19.4. The summed E-state index contributed by atoms with van der Waals surface area (Å²) in [6.07, 6.45) is 0. The Morgan fingerprint density at radius 3 is 1.19 bits per heavy atom. The first kappa shape index (κ1) is 15.4. The van der Waals surface area contributed by atoms with Gasteiger partial charge in [-0.3, -0.25) is 0 Å². The van der Waals surface area contributed by atoms with Crippen molar-refractivity contribution in [2.75, 3.05) is 0 Å². The van der Waals surface area contributed by atoms with Gasteiger partial charge in [0.1, 0.15) is 0 Å². The molecule has 16 heavy (non-hydrogen) atoms. The lowest BCUT2D eigenvalue weighted by molar-refractivity contribution is -0.370. The van der Waals surface area contributed by atoms with Crippen LogP contribution in [-0.4, -0.2) is 23.7 Å². The second-order valence-corrected chi connectivity index (χ2v) is 3.81. The normalized spacial score (nSPS) is 15.8. The van der Waals surface area contributed by atoms with Crippen LogP contribution in [0.25, 0.3) is 0 Å². The SMILES string of the molecule is CC(C)C(F)(F)C(F)(F)C(F)(F)C(C)(F)F. The third kappa shape index (κ3) is 1.98. The molecule has 0 atom stereocenters. The monoisotopic (exact) mass is 258 g/mol. The van der Waals surface area contributed by atoms with Crippen LogP contribution in [-0.2, 0) is 0 Å². The van der Waals surface area contributed by atoms with Crippen LogP contribution in [0.4, 0.5) is 35.1 Å². The standard InChI is InChI=1S/C8H10F8/c1-4(2)6(11,12)8(15,16)7(13,14)5(3,9)10/h4H,1-3H3. The predicted molar refractivity (Wildman–Crippen MR) is 40.3 cm³/mol.